The van der Waals surface area contributed by atoms with Crippen LogP contribution in [0, 0.1) is 6.92 Å². The fourth-order valence-corrected chi connectivity index (χ4v) is 4.23. The van der Waals surface area contributed by atoms with Gasteiger partial charge in [-0.2, -0.15) is 0 Å². The summed E-state index contributed by atoms with van der Waals surface area (Å²) in [5.74, 6) is 0. The molecular formula is C15H16N2OS2. The average Bonchev–Trinajstić information content (AvgIpc) is 3.05. The van der Waals surface area contributed by atoms with Crippen molar-refractivity contribution in [3.8, 4) is 9.75 Å². The van der Waals surface area contributed by atoms with Crippen molar-refractivity contribution in [1.82, 2.24) is 10.3 Å². The van der Waals surface area contributed by atoms with Gasteiger partial charge in [-0.3, -0.25) is 4.98 Å². The number of aliphatic hydroxyl groups excluding tert-OH is 1. The number of pyridine rings is 1. The summed E-state index contributed by atoms with van der Waals surface area (Å²) in [7, 11) is 0. The molecule has 3 nitrogen and oxygen atoms in total. The average molecular weight is 304 g/mol. The molecule has 3 aromatic heterocycles. The lowest BCUT2D eigenvalue weighted by Crippen LogP contribution is -2.16. The van der Waals surface area contributed by atoms with Crippen molar-refractivity contribution in [2.45, 2.75) is 13.5 Å². The minimum absolute atomic E-state index is 0.180. The van der Waals surface area contributed by atoms with Crippen LogP contribution in [0.2, 0.25) is 0 Å². The van der Waals surface area contributed by atoms with Crippen LogP contribution in [0.5, 0.6) is 0 Å². The lowest BCUT2D eigenvalue weighted by Gasteiger charge is -1.98. The molecule has 5 heteroatoms. The van der Waals surface area contributed by atoms with Crippen molar-refractivity contribution in [2.75, 3.05) is 13.2 Å². The van der Waals surface area contributed by atoms with Crippen molar-refractivity contribution >= 4 is 32.9 Å². The number of thiophene rings is 2. The lowest BCUT2D eigenvalue weighted by molar-refractivity contribution is 0.292. The van der Waals surface area contributed by atoms with E-state index in [1.54, 1.807) is 22.7 Å². The quantitative estimate of drug-likeness (QED) is 0.710. The monoisotopic (exact) mass is 304 g/mol. The smallest absolute Gasteiger partial charge is 0.0819 e. The van der Waals surface area contributed by atoms with Crippen LogP contribution < -0.4 is 5.32 Å². The van der Waals surface area contributed by atoms with Crippen LogP contribution in [-0.2, 0) is 6.54 Å². The molecule has 0 aromatic carbocycles. The molecule has 0 aliphatic rings. The van der Waals surface area contributed by atoms with Crippen LogP contribution in [0.25, 0.3) is 20.0 Å². The molecule has 3 rings (SSSR count). The molecule has 0 fully saturated rings. The number of aromatic nitrogens is 1. The van der Waals surface area contributed by atoms with E-state index in [0.29, 0.717) is 6.54 Å². The first-order chi connectivity index (χ1) is 9.78. The Balaban J connectivity index is 1.85. The molecule has 104 valence electrons. The van der Waals surface area contributed by atoms with E-state index >= 15 is 0 Å². The van der Waals surface area contributed by atoms with E-state index < -0.39 is 0 Å². The van der Waals surface area contributed by atoms with E-state index in [2.05, 4.69) is 41.5 Å². The Labute approximate surface area is 125 Å². The Morgan fingerprint density at radius 3 is 2.90 bits per heavy atom. The summed E-state index contributed by atoms with van der Waals surface area (Å²) in [6, 6.07) is 8.54. The number of hydrogen-bond acceptors (Lipinski definition) is 5. The van der Waals surface area contributed by atoms with Gasteiger partial charge in [-0.15, -0.1) is 22.7 Å². The molecule has 20 heavy (non-hydrogen) atoms. The molecule has 3 aromatic rings. The molecule has 0 aliphatic heterocycles. The first-order valence-electron chi connectivity index (χ1n) is 6.54. The van der Waals surface area contributed by atoms with Gasteiger partial charge in [0.25, 0.3) is 0 Å². The molecule has 2 N–H and O–H groups in total. The topological polar surface area (TPSA) is 45.2 Å². The molecule has 0 radical (unpaired) electrons. The highest BCUT2D eigenvalue weighted by Crippen LogP contribution is 2.37. The molecule has 0 amide bonds. The third-order valence-electron chi connectivity index (χ3n) is 3.10. The van der Waals surface area contributed by atoms with Crippen LogP contribution in [0.4, 0.5) is 0 Å². The van der Waals surface area contributed by atoms with Crippen LogP contribution in [-0.4, -0.2) is 23.2 Å². The molecule has 0 saturated carbocycles. The molecule has 0 atom stereocenters. The van der Waals surface area contributed by atoms with E-state index in [9.17, 15) is 0 Å². The Hall–Kier alpha value is -1.27. The van der Waals surface area contributed by atoms with E-state index in [4.69, 9.17) is 5.11 Å². The van der Waals surface area contributed by atoms with E-state index in [1.165, 1.54) is 24.9 Å². The second-order valence-electron chi connectivity index (χ2n) is 4.62. The van der Waals surface area contributed by atoms with Crippen LogP contribution in [0.15, 0.2) is 30.5 Å². The maximum Gasteiger partial charge on any atom is 0.0819 e. The number of nitrogens with one attached hydrogen (secondary N) is 1. The van der Waals surface area contributed by atoms with Crippen molar-refractivity contribution < 1.29 is 5.11 Å². The molecule has 0 bridgehead atoms. The summed E-state index contributed by atoms with van der Waals surface area (Å²) in [5, 5.41) is 12.0. The standard InChI is InChI=1S/C15H16N2OS2/c1-10-4-5-17-12-8-14(20-15(10)12)13-3-2-11(19-13)9-16-6-7-18/h2-5,8,16,18H,6-7,9H2,1H3. The normalized spacial score (nSPS) is 11.3. The highest BCUT2D eigenvalue weighted by atomic mass is 32.1. The van der Waals surface area contributed by atoms with Crippen molar-refractivity contribution in [3.05, 3.63) is 40.9 Å². The predicted molar refractivity (Wildman–Crippen MR) is 86.5 cm³/mol. The Kier molecular flexibility index (Phi) is 4.12. The van der Waals surface area contributed by atoms with Crippen LogP contribution in [0.1, 0.15) is 10.4 Å². The Morgan fingerprint density at radius 2 is 2.10 bits per heavy atom. The molecule has 0 unspecified atom stereocenters. The van der Waals surface area contributed by atoms with Gasteiger partial charge in [-0.1, -0.05) is 0 Å². The summed E-state index contributed by atoms with van der Waals surface area (Å²) in [6.45, 7) is 3.76. The van der Waals surface area contributed by atoms with Gasteiger partial charge < -0.3 is 10.4 Å². The maximum absolute atomic E-state index is 8.77. The summed E-state index contributed by atoms with van der Waals surface area (Å²) >= 11 is 3.60. The second kappa shape index (κ2) is 6.01. The third kappa shape index (κ3) is 2.76. The van der Waals surface area contributed by atoms with Gasteiger partial charge in [-0.25, -0.2) is 0 Å². The van der Waals surface area contributed by atoms with Gasteiger partial charge in [0.15, 0.2) is 0 Å². The zero-order valence-corrected chi connectivity index (χ0v) is 12.9. The fourth-order valence-electron chi connectivity index (χ4n) is 2.08. The zero-order chi connectivity index (χ0) is 13.9. The predicted octanol–water partition coefficient (Wildman–Crippen LogP) is 3.42. The lowest BCUT2D eigenvalue weighted by atomic mass is 10.2. The number of rotatable bonds is 5. The van der Waals surface area contributed by atoms with Gasteiger partial charge in [0, 0.05) is 33.9 Å². The van der Waals surface area contributed by atoms with E-state index in [-0.39, 0.29) is 6.61 Å². The van der Waals surface area contributed by atoms with Crippen molar-refractivity contribution in [2.24, 2.45) is 0 Å². The SMILES string of the molecule is Cc1ccnc2cc(-c3ccc(CNCCO)s3)sc12. The van der Waals surface area contributed by atoms with E-state index in [0.717, 1.165) is 12.1 Å². The number of aryl methyl sites for hydroxylation is 1. The Bertz CT molecular complexity index is 718. The summed E-state index contributed by atoms with van der Waals surface area (Å²) in [6.07, 6.45) is 1.87. The van der Waals surface area contributed by atoms with Gasteiger partial charge in [0.2, 0.25) is 0 Å². The van der Waals surface area contributed by atoms with E-state index in [1.807, 2.05) is 6.20 Å². The highest BCUT2D eigenvalue weighted by molar-refractivity contribution is 7.26. The summed E-state index contributed by atoms with van der Waals surface area (Å²) in [5.41, 5.74) is 2.37. The number of aliphatic hydroxyl groups is 1. The van der Waals surface area contributed by atoms with Crippen LogP contribution in [0.3, 0.4) is 0 Å². The van der Waals surface area contributed by atoms with Gasteiger partial charge in [-0.05, 0) is 36.8 Å². The molecular weight excluding hydrogens is 288 g/mol. The Morgan fingerprint density at radius 1 is 1.20 bits per heavy atom. The van der Waals surface area contributed by atoms with Gasteiger partial charge >= 0.3 is 0 Å². The molecule has 0 aliphatic carbocycles. The number of nitrogens with zero attached hydrogens (tertiary/aromatic N) is 1. The van der Waals surface area contributed by atoms with Crippen molar-refractivity contribution in [3.63, 3.8) is 0 Å². The maximum atomic E-state index is 8.77. The largest absolute Gasteiger partial charge is 0.395 e. The fraction of sp³-hybridized carbons (Fsp3) is 0.267. The summed E-state index contributed by atoms with van der Waals surface area (Å²) < 4.78 is 1.27. The zero-order valence-electron chi connectivity index (χ0n) is 11.2. The third-order valence-corrected chi connectivity index (χ3v) is 5.64. The first-order valence-corrected chi connectivity index (χ1v) is 8.17. The minimum Gasteiger partial charge on any atom is -0.395 e. The molecule has 3 heterocycles. The van der Waals surface area contributed by atoms with Crippen LogP contribution >= 0.6 is 22.7 Å². The molecule has 0 spiro atoms. The molecule has 0 saturated heterocycles. The van der Waals surface area contributed by atoms with Gasteiger partial charge in [0.1, 0.15) is 0 Å². The second-order valence-corrected chi connectivity index (χ2v) is 6.84. The number of hydrogen-bond donors (Lipinski definition) is 2. The number of fused-ring (bicyclic) bond motifs is 1. The minimum atomic E-state index is 0.180. The summed E-state index contributed by atoms with van der Waals surface area (Å²) in [4.78, 5) is 8.28. The first kappa shape index (κ1) is 13.7. The highest BCUT2D eigenvalue weighted by Gasteiger charge is 2.09. The van der Waals surface area contributed by atoms with Gasteiger partial charge in [0.05, 0.1) is 16.8 Å². The van der Waals surface area contributed by atoms with Crippen molar-refractivity contribution in [1.29, 1.82) is 0 Å².